The lowest BCUT2D eigenvalue weighted by molar-refractivity contribution is 0.420. The van der Waals surface area contributed by atoms with Crippen molar-refractivity contribution in [3.8, 4) is 0 Å². The molecule has 0 amide bonds. The van der Waals surface area contributed by atoms with Crippen LogP contribution in [0.5, 0.6) is 0 Å². The highest BCUT2D eigenvalue weighted by molar-refractivity contribution is 7.80. The van der Waals surface area contributed by atoms with E-state index in [1.54, 1.807) is 0 Å². The normalized spacial score (nSPS) is 13.1. The largest absolute Gasteiger partial charge is 0.250 e. The van der Waals surface area contributed by atoms with Crippen molar-refractivity contribution in [2.24, 2.45) is 5.92 Å². The Morgan fingerprint density at radius 1 is 1.43 bits per heavy atom. The first-order valence-electron chi connectivity index (χ1n) is 5.16. The molecule has 0 aromatic carbocycles. The average molecular weight is 213 g/mol. The Hall–Kier alpha value is -0.510. The second-order valence-corrected chi connectivity index (χ2v) is 4.09. The topological polar surface area (TPSA) is 30.7 Å². The number of nitrogens with zero attached hydrogens (tertiary/aromatic N) is 3. The molecule has 0 aliphatic heterocycles. The Labute approximate surface area is 91.3 Å². The number of hydrogen-bond donors (Lipinski definition) is 1. The van der Waals surface area contributed by atoms with Gasteiger partial charge < -0.3 is 0 Å². The lowest BCUT2D eigenvalue weighted by Crippen LogP contribution is -2.14. The van der Waals surface area contributed by atoms with Crippen molar-refractivity contribution < 1.29 is 0 Å². The fraction of sp³-hybridized carbons (Fsp3) is 0.800. The SMILES string of the molecule is CCCC(CS)Cn1nc(C)nc1C. The van der Waals surface area contributed by atoms with E-state index >= 15 is 0 Å². The quantitative estimate of drug-likeness (QED) is 0.760. The predicted molar refractivity (Wildman–Crippen MR) is 61.7 cm³/mol. The van der Waals surface area contributed by atoms with Crippen molar-refractivity contribution in [3.63, 3.8) is 0 Å². The third kappa shape index (κ3) is 3.01. The molecule has 1 aromatic heterocycles. The summed E-state index contributed by atoms with van der Waals surface area (Å²) < 4.78 is 1.99. The van der Waals surface area contributed by atoms with E-state index in [2.05, 4.69) is 29.6 Å². The molecule has 0 saturated carbocycles. The smallest absolute Gasteiger partial charge is 0.147 e. The zero-order valence-electron chi connectivity index (χ0n) is 9.19. The molecule has 0 fully saturated rings. The number of thiol groups is 1. The third-order valence-electron chi connectivity index (χ3n) is 2.35. The van der Waals surface area contributed by atoms with Crippen molar-refractivity contribution in [2.75, 3.05) is 5.75 Å². The number of aryl methyl sites for hydroxylation is 2. The van der Waals surface area contributed by atoms with Gasteiger partial charge in [0.05, 0.1) is 0 Å². The van der Waals surface area contributed by atoms with E-state index in [4.69, 9.17) is 0 Å². The summed E-state index contributed by atoms with van der Waals surface area (Å²) in [6.45, 7) is 7.08. The number of aromatic nitrogens is 3. The number of hydrogen-bond acceptors (Lipinski definition) is 3. The summed E-state index contributed by atoms with van der Waals surface area (Å²) in [5.74, 6) is 3.40. The summed E-state index contributed by atoms with van der Waals surface area (Å²) >= 11 is 4.36. The molecule has 14 heavy (non-hydrogen) atoms. The summed E-state index contributed by atoms with van der Waals surface area (Å²) in [5, 5.41) is 4.35. The molecule has 0 radical (unpaired) electrons. The van der Waals surface area contributed by atoms with E-state index in [0.29, 0.717) is 5.92 Å². The van der Waals surface area contributed by atoms with Crippen LogP contribution < -0.4 is 0 Å². The van der Waals surface area contributed by atoms with Gasteiger partial charge in [0.15, 0.2) is 0 Å². The standard InChI is InChI=1S/C10H19N3S/c1-4-5-10(7-14)6-13-9(3)11-8(2)12-13/h10,14H,4-7H2,1-3H3. The van der Waals surface area contributed by atoms with Gasteiger partial charge in [0.1, 0.15) is 11.6 Å². The molecule has 0 aliphatic rings. The summed E-state index contributed by atoms with van der Waals surface area (Å²) in [4.78, 5) is 4.29. The lowest BCUT2D eigenvalue weighted by atomic mass is 10.1. The minimum absolute atomic E-state index is 0.614. The maximum Gasteiger partial charge on any atom is 0.147 e. The van der Waals surface area contributed by atoms with Crippen LogP contribution in [0.25, 0.3) is 0 Å². The first kappa shape index (κ1) is 11.6. The summed E-state index contributed by atoms with van der Waals surface area (Å²) in [6.07, 6.45) is 2.42. The molecular weight excluding hydrogens is 194 g/mol. The Morgan fingerprint density at radius 2 is 2.14 bits per heavy atom. The van der Waals surface area contributed by atoms with Gasteiger partial charge in [-0.25, -0.2) is 9.67 Å². The molecule has 0 aliphatic carbocycles. The Morgan fingerprint density at radius 3 is 2.57 bits per heavy atom. The minimum atomic E-state index is 0.614. The van der Waals surface area contributed by atoms with Crippen LogP contribution in [0.3, 0.4) is 0 Å². The second kappa shape index (κ2) is 5.39. The fourth-order valence-corrected chi connectivity index (χ4v) is 1.93. The molecule has 1 heterocycles. The maximum absolute atomic E-state index is 4.36. The fourth-order valence-electron chi connectivity index (χ4n) is 1.63. The van der Waals surface area contributed by atoms with Gasteiger partial charge in [-0.3, -0.25) is 0 Å². The molecule has 0 bridgehead atoms. The Balaban J connectivity index is 2.61. The van der Waals surface area contributed by atoms with Crippen LogP contribution in [-0.2, 0) is 6.54 Å². The van der Waals surface area contributed by atoms with Crippen molar-refractivity contribution in [1.82, 2.24) is 14.8 Å². The van der Waals surface area contributed by atoms with Gasteiger partial charge in [-0.05, 0) is 31.9 Å². The molecule has 0 spiro atoms. The molecule has 1 unspecified atom stereocenters. The van der Waals surface area contributed by atoms with Crippen LogP contribution >= 0.6 is 12.6 Å². The zero-order valence-corrected chi connectivity index (χ0v) is 10.1. The molecule has 3 nitrogen and oxygen atoms in total. The Kier molecular flexibility index (Phi) is 4.45. The van der Waals surface area contributed by atoms with E-state index in [9.17, 15) is 0 Å². The molecule has 1 rings (SSSR count). The van der Waals surface area contributed by atoms with Crippen LogP contribution in [0.1, 0.15) is 31.4 Å². The van der Waals surface area contributed by atoms with E-state index in [1.807, 2.05) is 18.5 Å². The van der Waals surface area contributed by atoms with Gasteiger partial charge >= 0.3 is 0 Å². The van der Waals surface area contributed by atoms with E-state index in [0.717, 1.165) is 23.9 Å². The highest BCUT2D eigenvalue weighted by Crippen LogP contribution is 2.11. The summed E-state index contributed by atoms with van der Waals surface area (Å²) in [5.41, 5.74) is 0. The van der Waals surface area contributed by atoms with Crippen LogP contribution in [-0.4, -0.2) is 20.5 Å². The van der Waals surface area contributed by atoms with Gasteiger partial charge in [0.25, 0.3) is 0 Å². The number of rotatable bonds is 5. The van der Waals surface area contributed by atoms with E-state index in [1.165, 1.54) is 12.8 Å². The summed E-state index contributed by atoms with van der Waals surface area (Å²) in [6, 6.07) is 0. The van der Waals surface area contributed by atoms with Crippen LogP contribution in [0.2, 0.25) is 0 Å². The molecule has 4 heteroatoms. The molecule has 0 saturated heterocycles. The zero-order chi connectivity index (χ0) is 10.6. The highest BCUT2D eigenvalue weighted by atomic mass is 32.1. The first-order chi connectivity index (χ1) is 6.67. The van der Waals surface area contributed by atoms with E-state index in [-0.39, 0.29) is 0 Å². The van der Waals surface area contributed by atoms with Gasteiger partial charge in [0.2, 0.25) is 0 Å². The maximum atomic E-state index is 4.36. The predicted octanol–water partition coefficient (Wildman–Crippen LogP) is 2.24. The van der Waals surface area contributed by atoms with Crippen LogP contribution in [0.15, 0.2) is 0 Å². The molecule has 0 N–H and O–H groups in total. The van der Waals surface area contributed by atoms with E-state index < -0.39 is 0 Å². The molecule has 1 aromatic rings. The molecular formula is C10H19N3S. The monoisotopic (exact) mass is 213 g/mol. The van der Waals surface area contributed by atoms with Crippen LogP contribution in [0, 0.1) is 19.8 Å². The van der Waals surface area contributed by atoms with Crippen molar-refractivity contribution in [2.45, 2.75) is 40.2 Å². The average Bonchev–Trinajstić information content (AvgIpc) is 2.44. The van der Waals surface area contributed by atoms with Crippen molar-refractivity contribution in [3.05, 3.63) is 11.6 Å². The molecule has 80 valence electrons. The van der Waals surface area contributed by atoms with Gasteiger partial charge in [-0.1, -0.05) is 13.3 Å². The van der Waals surface area contributed by atoms with Gasteiger partial charge in [0, 0.05) is 6.54 Å². The van der Waals surface area contributed by atoms with Crippen molar-refractivity contribution >= 4 is 12.6 Å². The third-order valence-corrected chi connectivity index (χ3v) is 2.87. The van der Waals surface area contributed by atoms with Crippen molar-refractivity contribution in [1.29, 1.82) is 0 Å². The highest BCUT2D eigenvalue weighted by Gasteiger charge is 2.09. The Bertz CT molecular complexity index is 283. The van der Waals surface area contributed by atoms with Crippen LogP contribution in [0.4, 0.5) is 0 Å². The summed E-state index contributed by atoms with van der Waals surface area (Å²) in [7, 11) is 0. The minimum Gasteiger partial charge on any atom is -0.250 e. The first-order valence-corrected chi connectivity index (χ1v) is 5.79. The van der Waals surface area contributed by atoms with Gasteiger partial charge in [-0.2, -0.15) is 17.7 Å². The lowest BCUT2D eigenvalue weighted by Gasteiger charge is -2.13. The molecule has 1 atom stereocenters. The second-order valence-electron chi connectivity index (χ2n) is 3.73. The van der Waals surface area contributed by atoms with Gasteiger partial charge in [-0.15, -0.1) is 0 Å².